The van der Waals surface area contributed by atoms with Crippen molar-refractivity contribution in [1.29, 1.82) is 0 Å². The van der Waals surface area contributed by atoms with Gasteiger partial charge in [-0.15, -0.1) is 0 Å². The molecule has 1 aromatic carbocycles. The summed E-state index contributed by atoms with van der Waals surface area (Å²) in [6.45, 7) is 5.56. The fourth-order valence-electron chi connectivity index (χ4n) is 1.58. The first kappa shape index (κ1) is 15.0. The lowest BCUT2D eigenvalue weighted by Gasteiger charge is -2.21. The molecule has 0 atom stereocenters. The third kappa shape index (κ3) is 5.86. The van der Waals surface area contributed by atoms with Crippen molar-refractivity contribution in [2.24, 2.45) is 0 Å². The Balaban J connectivity index is 2.91. The van der Waals surface area contributed by atoms with Gasteiger partial charge >= 0.3 is 5.97 Å². The predicted molar refractivity (Wildman–Crippen MR) is 73.8 cm³/mol. The van der Waals surface area contributed by atoms with Gasteiger partial charge in [-0.05, 0) is 26.3 Å². The maximum absolute atomic E-state index is 12.1. The molecule has 0 saturated heterocycles. The van der Waals surface area contributed by atoms with Crippen LogP contribution in [-0.2, 0) is 16.0 Å². The molecule has 0 aliphatic rings. The molecule has 1 amide bonds. The van der Waals surface area contributed by atoms with Crippen LogP contribution < -0.4 is 5.32 Å². The average Bonchev–Trinajstić information content (AvgIpc) is 2.26. The van der Waals surface area contributed by atoms with Crippen LogP contribution in [-0.4, -0.2) is 22.5 Å². The van der Waals surface area contributed by atoms with E-state index in [-0.39, 0.29) is 11.5 Å². The summed E-state index contributed by atoms with van der Waals surface area (Å²) in [6, 6.07) is 9.31. The molecule has 102 valence electrons. The highest BCUT2D eigenvalue weighted by molar-refractivity contribution is 5.99. The van der Waals surface area contributed by atoms with E-state index in [0.717, 1.165) is 11.6 Å². The molecule has 1 aromatic rings. The van der Waals surface area contributed by atoms with Gasteiger partial charge in [0.25, 0.3) is 0 Å². The molecule has 0 bridgehead atoms. The van der Waals surface area contributed by atoms with E-state index in [1.54, 1.807) is 0 Å². The highest BCUT2D eigenvalue weighted by Gasteiger charge is 2.18. The molecule has 1 rings (SSSR count). The Morgan fingerprint density at radius 2 is 1.79 bits per heavy atom. The fraction of sp³-hybridized carbons (Fsp3) is 0.333. The molecule has 4 nitrogen and oxygen atoms in total. The van der Waals surface area contributed by atoms with E-state index in [9.17, 15) is 9.59 Å². The highest BCUT2D eigenvalue weighted by Crippen LogP contribution is 2.10. The van der Waals surface area contributed by atoms with Gasteiger partial charge in [-0.2, -0.15) is 0 Å². The van der Waals surface area contributed by atoms with Crippen LogP contribution in [0, 0.1) is 0 Å². The summed E-state index contributed by atoms with van der Waals surface area (Å²) in [5, 5.41) is 11.6. The summed E-state index contributed by atoms with van der Waals surface area (Å²) in [7, 11) is 0. The van der Waals surface area contributed by atoms with Crippen LogP contribution in [0.15, 0.2) is 42.0 Å². The summed E-state index contributed by atoms with van der Waals surface area (Å²) >= 11 is 0. The van der Waals surface area contributed by atoms with Crippen LogP contribution in [0.3, 0.4) is 0 Å². The van der Waals surface area contributed by atoms with E-state index in [1.807, 2.05) is 51.1 Å². The standard InChI is InChI=1S/C15H19NO3/c1-15(2,3)16-14(19)12(10-13(17)18)9-11-7-5-4-6-8-11/h4-8,10H,9H2,1-3H3,(H,16,19)(H,17,18)/b12-10-. The number of carbonyl (C=O) groups excluding carboxylic acids is 1. The third-order valence-electron chi connectivity index (χ3n) is 2.32. The number of carboxylic acids is 1. The van der Waals surface area contributed by atoms with Crippen LogP contribution >= 0.6 is 0 Å². The molecule has 0 aliphatic carbocycles. The Bertz CT molecular complexity index is 484. The second-order valence-corrected chi connectivity index (χ2v) is 5.37. The van der Waals surface area contributed by atoms with Crippen LogP contribution in [0.2, 0.25) is 0 Å². The smallest absolute Gasteiger partial charge is 0.328 e. The van der Waals surface area contributed by atoms with Gasteiger partial charge in [0.05, 0.1) is 0 Å². The number of nitrogens with one attached hydrogen (secondary N) is 1. The number of amides is 1. The second kappa shape index (κ2) is 6.18. The van der Waals surface area contributed by atoms with Crippen molar-refractivity contribution in [3.63, 3.8) is 0 Å². The predicted octanol–water partition coefficient (Wildman–Crippen LogP) is 2.15. The Labute approximate surface area is 113 Å². The first-order valence-corrected chi connectivity index (χ1v) is 6.08. The van der Waals surface area contributed by atoms with Crippen molar-refractivity contribution in [3.8, 4) is 0 Å². The van der Waals surface area contributed by atoms with Crippen LogP contribution in [0.4, 0.5) is 0 Å². The van der Waals surface area contributed by atoms with Gasteiger partial charge in [0.2, 0.25) is 5.91 Å². The number of hydrogen-bond acceptors (Lipinski definition) is 2. The van der Waals surface area contributed by atoms with Crippen LogP contribution in [0.1, 0.15) is 26.3 Å². The normalized spacial score (nSPS) is 12.1. The van der Waals surface area contributed by atoms with Crippen molar-refractivity contribution in [1.82, 2.24) is 5.32 Å². The number of rotatable bonds is 4. The molecule has 0 aromatic heterocycles. The molecular weight excluding hydrogens is 242 g/mol. The van der Waals surface area contributed by atoms with Crippen molar-refractivity contribution in [2.75, 3.05) is 0 Å². The summed E-state index contributed by atoms with van der Waals surface area (Å²) in [4.78, 5) is 22.9. The molecule has 2 N–H and O–H groups in total. The molecule has 0 fully saturated rings. The lowest BCUT2D eigenvalue weighted by atomic mass is 10.0. The maximum Gasteiger partial charge on any atom is 0.328 e. The maximum atomic E-state index is 12.1. The van der Waals surface area contributed by atoms with Gasteiger partial charge in [0.15, 0.2) is 0 Å². The van der Waals surface area contributed by atoms with Gasteiger partial charge in [-0.3, -0.25) is 4.79 Å². The third-order valence-corrected chi connectivity index (χ3v) is 2.32. The van der Waals surface area contributed by atoms with E-state index in [4.69, 9.17) is 5.11 Å². The summed E-state index contributed by atoms with van der Waals surface area (Å²) < 4.78 is 0. The lowest BCUT2D eigenvalue weighted by Crippen LogP contribution is -2.41. The Morgan fingerprint density at radius 3 is 2.26 bits per heavy atom. The van der Waals surface area contributed by atoms with Crippen molar-refractivity contribution < 1.29 is 14.7 Å². The molecule has 0 radical (unpaired) electrons. The Morgan fingerprint density at radius 1 is 1.21 bits per heavy atom. The van der Waals surface area contributed by atoms with E-state index < -0.39 is 11.5 Å². The Hall–Kier alpha value is -2.10. The van der Waals surface area contributed by atoms with Gasteiger partial charge in [0, 0.05) is 23.6 Å². The number of benzene rings is 1. The zero-order valence-electron chi connectivity index (χ0n) is 11.4. The molecule has 19 heavy (non-hydrogen) atoms. The highest BCUT2D eigenvalue weighted by atomic mass is 16.4. The van der Waals surface area contributed by atoms with Gasteiger partial charge in [-0.1, -0.05) is 30.3 Å². The van der Waals surface area contributed by atoms with Crippen molar-refractivity contribution in [3.05, 3.63) is 47.5 Å². The Kier molecular flexibility index (Phi) is 4.87. The molecule has 4 heteroatoms. The summed E-state index contributed by atoms with van der Waals surface area (Å²) in [6.07, 6.45) is 1.27. The topological polar surface area (TPSA) is 66.4 Å². The molecule has 0 spiro atoms. The van der Waals surface area contributed by atoms with E-state index in [0.29, 0.717) is 6.42 Å². The van der Waals surface area contributed by atoms with Gasteiger partial charge < -0.3 is 10.4 Å². The molecule has 0 unspecified atom stereocenters. The second-order valence-electron chi connectivity index (χ2n) is 5.37. The van der Waals surface area contributed by atoms with Crippen molar-refractivity contribution >= 4 is 11.9 Å². The SMILES string of the molecule is CC(C)(C)NC(=O)/C(=C\C(=O)O)Cc1ccccc1. The summed E-state index contributed by atoms with van der Waals surface area (Å²) in [5.74, 6) is -1.46. The molecule has 0 aliphatic heterocycles. The van der Waals surface area contributed by atoms with Gasteiger partial charge in [0.1, 0.15) is 0 Å². The molecular formula is C15H19NO3. The monoisotopic (exact) mass is 261 g/mol. The zero-order valence-corrected chi connectivity index (χ0v) is 11.4. The summed E-state index contributed by atoms with van der Waals surface area (Å²) in [5.41, 5.74) is 0.749. The van der Waals surface area contributed by atoms with E-state index in [1.165, 1.54) is 0 Å². The van der Waals surface area contributed by atoms with E-state index in [2.05, 4.69) is 5.32 Å². The zero-order chi connectivity index (χ0) is 14.5. The fourth-order valence-corrected chi connectivity index (χ4v) is 1.58. The average molecular weight is 261 g/mol. The van der Waals surface area contributed by atoms with E-state index >= 15 is 0 Å². The first-order valence-electron chi connectivity index (χ1n) is 6.08. The lowest BCUT2D eigenvalue weighted by molar-refractivity contribution is -0.132. The largest absolute Gasteiger partial charge is 0.478 e. The molecule has 0 saturated carbocycles. The minimum Gasteiger partial charge on any atom is -0.478 e. The first-order chi connectivity index (χ1) is 8.78. The number of hydrogen-bond donors (Lipinski definition) is 2. The number of carboxylic acid groups (broad SMARTS) is 1. The number of carbonyl (C=O) groups is 2. The minimum atomic E-state index is -1.12. The quantitative estimate of drug-likeness (QED) is 0.816. The molecule has 0 heterocycles. The van der Waals surface area contributed by atoms with Crippen molar-refractivity contribution in [2.45, 2.75) is 32.7 Å². The minimum absolute atomic E-state index is 0.244. The number of aliphatic carboxylic acids is 1. The van der Waals surface area contributed by atoms with Gasteiger partial charge in [-0.25, -0.2) is 4.79 Å². The van der Waals surface area contributed by atoms with Crippen LogP contribution in [0.25, 0.3) is 0 Å². The van der Waals surface area contributed by atoms with Crippen LogP contribution in [0.5, 0.6) is 0 Å².